The smallest absolute Gasteiger partial charge is 0.203 e. The van der Waals surface area contributed by atoms with E-state index in [-0.39, 0.29) is 24.8 Å². The van der Waals surface area contributed by atoms with Crippen molar-refractivity contribution in [2.45, 2.75) is 32.1 Å². The number of allylic oxidation sites excluding steroid dienone is 2. The van der Waals surface area contributed by atoms with E-state index in [0.717, 1.165) is 63.0 Å². The molecule has 0 N–H and O–H groups in total. The van der Waals surface area contributed by atoms with E-state index in [1.807, 2.05) is 24.3 Å². The van der Waals surface area contributed by atoms with Crippen molar-refractivity contribution in [3.63, 3.8) is 0 Å². The van der Waals surface area contributed by atoms with Gasteiger partial charge in [-0.25, -0.2) is 0 Å². The van der Waals surface area contributed by atoms with Crippen LogP contribution in [0.3, 0.4) is 0 Å². The van der Waals surface area contributed by atoms with Crippen LogP contribution in [0.15, 0.2) is 36.4 Å². The molecule has 10 heteroatoms. The largest absolute Gasteiger partial charge is 0.493 e. The Morgan fingerprint density at radius 3 is 1.19 bits per heavy atom. The molecule has 0 saturated carbocycles. The fourth-order valence-electron chi connectivity index (χ4n) is 5.17. The second-order valence-electron chi connectivity index (χ2n) is 10.0. The molecule has 43 heavy (non-hydrogen) atoms. The Labute approximate surface area is 270 Å². The van der Waals surface area contributed by atoms with Crippen molar-refractivity contribution in [2.75, 3.05) is 81.9 Å². The van der Waals surface area contributed by atoms with Gasteiger partial charge in [-0.15, -0.1) is 24.8 Å². The first-order valence-electron chi connectivity index (χ1n) is 14.4. The van der Waals surface area contributed by atoms with Gasteiger partial charge < -0.3 is 38.2 Å². The summed E-state index contributed by atoms with van der Waals surface area (Å²) in [6.07, 6.45) is 14.3. The lowest BCUT2D eigenvalue weighted by Gasteiger charge is -2.21. The highest BCUT2D eigenvalue weighted by Crippen LogP contribution is 2.39. The standard InChI is InChI=1S/C33H48N2O6.2ClH/c1-36-28-22-26(23-29(37-2)32(28)40-5)14-9-7-11-16-34-18-13-19-35(21-20-34)17-12-8-10-15-27-24-30(38-3)33(41-6)31(25-27)39-4;;/h9-10,14-15,22-25H,7-8,11-13,16-21H2,1-6H3;2*1H. The zero-order valence-electron chi connectivity index (χ0n) is 26.6. The van der Waals surface area contributed by atoms with Gasteiger partial charge in [0.1, 0.15) is 0 Å². The van der Waals surface area contributed by atoms with E-state index in [9.17, 15) is 0 Å². The van der Waals surface area contributed by atoms with Crippen molar-refractivity contribution >= 4 is 37.0 Å². The third-order valence-electron chi connectivity index (χ3n) is 7.37. The average molecular weight is 642 g/mol. The molecule has 0 spiro atoms. The molecule has 0 aliphatic carbocycles. The number of methoxy groups -OCH3 is 6. The molecule has 1 fully saturated rings. The number of hydrogen-bond donors (Lipinski definition) is 0. The summed E-state index contributed by atoms with van der Waals surface area (Å²) in [6, 6.07) is 7.91. The molecule has 0 unspecified atom stereocenters. The topological polar surface area (TPSA) is 61.9 Å². The van der Waals surface area contributed by atoms with Crippen molar-refractivity contribution in [1.29, 1.82) is 0 Å². The van der Waals surface area contributed by atoms with E-state index >= 15 is 0 Å². The molecule has 242 valence electrons. The fraction of sp³-hybridized carbons (Fsp3) is 0.515. The quantitative estimate of drug-likeness (QED) is 0.184. The van der Waals surface area contributed by atoms with Crippen molar-refractivity contribution in [3.8, 4) is 34.5 Å². The molecule has 8 nitrogen and oxygen atoms in total. The Morgan fingerprint density at radius 1 is 0.535 bits per heavy atom. The summed E-state index contributed by atoms with van der Waals surface area (Å²) in [4.78, 5) is 5.22. The summed E-state index contributed by atoms with van der Waals surface area (Å²) < 4.78 is 32.7. The predicted molar refractivity (Wildman–Crippen MR) is 181 cm³/mol. The van der Waals surface area contributed by atoms with Gasteiger partial charge in [0.15, 0.2) is 23.0 Å². The molecule has 2 aromatic carbocycles. The lowest BCUT2D eigenvalue weighted by molar-refractivity contribution is 0.254. The first kappa shape index (κ1) is 38.2. The highest BCUT2D eigenvalue weighted by atomic mass is 35.5. The third-order valence-corrected chi connectivity index (χ3v) is 7.37. The molecular formula is C33H50Cl2N2O6. The number of rotatable bonds is 16. The van der Waals surface area contributed by atoms with Gasteiger partial charge in [0.2, 0.25) is 11.5 Å². The molecule has 0 aromatic heterocycles. The average Bonchev–Trinajstić information content (AvgIpc) is 3.24. The van der Waals surface area contributed by atoms with Crippen LogP contribution in [0.5, 0.6) is 34.5 Å². The maximum atomic E-state index is 5.46. The van der Waals surface area contributed by atoms with Gasteiger partial charge in [0.25, 0.3) is 0 Å². The number of ether oxygens (including phenoxy) is 6. The van der Waals surface area contributed by atoms with Crippen LogP contribution < -0.4 is 28.4 Å². The Hall–Kier alpha value is -2.78. The molecule has 0 amide bonds. The van der Waals surface area contributed by atoms with Crippen molar-refractivity contribution in [3.05, 3.63) is 47.5 Å². The van der Waals surface area contributed by atoms with Gasteiger partial charge >= 0.3 is 0 Å². The van der Waals surface area contributed by atoms with Crippen LogP contribution in [0.2, 0.25) is 0 Å². The predicted octanol–water partition coefficient (Wildman–Crippen LogP) is 6.88. The normalized spacial score (nSPS) is 14.1. The summed E-state index contributed by atoms with van der Waals surface area (Å²) in [5.41, 5.74) is 2.09. The highest BCUT2D eigenvalue weighted by molar-refractivity contribution is 5.85. The van der Waals surface area contributed by atoms with E-state index in [0.29, 0.717) is 34.5 Å². The number of unbranched alkanes of at least 4 members (excludes halogenated alkanes) is 2. The van der Waals surface area contributed by atoms with Crippen LogP contribution in [0.1, 0.15) is 43.2 Å². The Kier molecular flexibility index (Phi) is 18.7. The van der Waals surface area contributed by atoms with Gasteiger partial charge in [0, 0.05) is 13.1 Å². The molecule has 1 saturated heterocycles. The van der Waals surface area contributed by atoms with Gasteiger partial charge in [-0.2, -0.15) is 0 Å². The van der Waals surface area contributed by atoms with E-state index in [2.05, 4.69) is 34.1 Å². The number of nitrogens with zero attached hydrogens (tertiary/aromatic N) is 2. The molecule has 0 radical (unpaired) electrons. The zero-order chi connectivity index (χ0) is 29.5. The fourth-order valence-corrected chi connectivity index (χ4v) is 5.17. The molecule has 1 aliphatic heterocycles. The molecule has 1 heterocycles. The second-order valence-corrected chi connectivity index (χ2v) is 10.0. The Bertz CT molecular complexity index is 1010. The SMILES string of the molecule is COc1cc(C=CCCCN2CCCN(CCCC=Cc3cc(OC)c(OC)c(OC)c3)CC2)cc(OC)c1OC.Cl.Cl. The monoisotopic (exact) mass is 640 g/mol. The lowest BCUT2D eigenvalue weighted by atomic mass is 10.1. The Balaban J connectivity index is 0.00000462. The van der Waals surface area contributed by atoms with Gasteiger partial charge in [-0.05, 0) is 93.7 Å². The van der Waals surface area contributed by atoms with Gasteiger partial charge in [-0.3, -0.25) is 0 Å². The summed E-state index contributed by atoms with van der Waals surface area (Å²) in [5, 5.41) is 0. The summed E-state index contributed by atoms with van der Waals surface area (Å²) >= 11 is 0. The zero-order valence-corrected chi connectivity index (χ0v) is 28.2. The van der Waals surface area contributed by atoms with Crippen LogP contribution in [-0.2, 0) is 0 Å². The second kappa shape index (κ2) is 21.0. The van der Waals surface area contributed by atoms with Crippen molar-refractivity contribution in [1.82, 2.24) is 9.80 Å². The van der Waals surface area contributed by atoms with Crippen LogP contribution in [0.25, 0.3) is 12.2 Å². The minimum Gasteiger partial charge on any atom is -0.493 e. The number of benzene rings is 2. The minimum absolute atomic E-state index is 0. The van der Waals surface area contributed by atoms with Crippen molar-refractivity contribution < 1.29 is 28.4 Å². The maximum Gasteiger partial charge on any atom is 0.203 e. The molecular weight excluding hydrogens is 591 g/mol. The van der Waals surface area contributed by atoms with Gasteiger partial charge in [-0.1, -0.05) is 24.3 Å². The van der Waals surface area contributed by atoms with E-state index in [1.54, 1.807) is 42.7 Å². The minimum atomic E-state index is 0. The Morgan fingerprint density at radius 2 is 0.884 bits per heavy atom. The number of halogens is 2. The summed E-state index contributed by atoms with van der Waals surface area (Å²) in [6.45, 7) is 6.88. The highest BCUT2D eigenvalue weighted by Gasteiger charge is 2.15. The first-order valence-corrected chi connectivity index (χ1v) is 14.4. The summed E-state index contributed by atoms with van der Waals surface area (Å²) in [7, 11) is 9.81. The van der Waals surface area contributed by atoms with Crippen LogP contribution in [0, 0.1) is 0 Å². The van der Waals surface area contributed by atoms with Crippen LogP contribution in [-0.4, -0.2) is 91.7 Å². The molecule has 0 atom stereocenters. The summed E-state index contributed by atoms with van der Waals surface area (Å²) in [5.74, 6) is 3.94. The molecule has 0 bridgehead atoms. The van der Waals surface area contributed by atoms with E-state index in [1.165, 1.54) is 19.5 Å². The first-order chi connectivity index (χ1) is 20.1. The molecule has 3 rings (SSSR count). The van der Waals surface area contributed by atoms with E-state index < -0.39 is 0 Å². The van der Waals surface area contributed by atoms with Crippen LogP contribution in [0.4, 0.5) is 0 Å². The maximum absolute atomic E-state index is 5.46. The number of hydrogen-bond acceptors (Lipinski definition) is 8. The molecule has 2 aromatic rings. The van der Waals surface area contributed by atoms with E-state index in [4.69, 9.17) is 28.4 Å². The van der Waals surface area contributed by atoms with Gasteiger partial charge in [0.05, 0.1) is 42.7 Å². The third kappa shape index (κ3) is 11.7. The lowest BCUT2D eigenvalue weighted by Crippen LogP contribution is -2.31. The molecule has 1 aliphatic rings. The van der Waals surface area contributed by atoms with Crippen molar-refractivity contribution in [2.24, 2.45) is 0 Å². The van der Waals surface area contributed by atoms with Crippen LogP contribution >= 0.6 is 24.8 Å².